The van der Waals surface area contributed by atoms with E-state index in [1.807, 2.05) is 13.8 Å². The minimum Gasteiger partial charge on any atom is -0.480 e. The summed E-state index contributed by atoms with van der Waals surface area (Å²) in [5.41, 5.74) is 0. The molecule has 0 heterocycles. The van der Waals surface area contributed by atoms with E-state index < -0.39 is 48.0 Å². The molecule has 2 unspecified atom stereocenters. The number of carboxylic acid groups (broad SMARTS) is 2. The van der Waals surface area contributed by atoms with Gasteiger partial charge in [-0.25, -0.2) is 9.59 Å². The Bertz CT molecular complexity index is 702. The van der Waals surface area contributed by atoms with Gasteiger partial charge >= 0.3 is 11.9 Å². The quantitative estimate of drug-likeness (QED) is 0.0602. The highest BCUT2D eigenvalue weighted by Gasteiger charge is 2.21. The van der Waals surface area contributed by atoms with Gasteiger partial charge in [-0.2, -0.15) is 0 Å². The molecule has 0 aromatic carbocycles. The Morgan fingerprint density at radius 2 is 1.08 bits per heavy atom. The number of hydrogen-bond donors (Lipinski definition) is 6. The van der Waals surface area contributed by atoms with Crippen LogP contribution in [0.3, 0.4) is 0 Å². The molecule has 0 rings (SSSR count). The maximum Gasteiger partial charge on any atom is 0.326 e. The third-order valence-electron chi connectivity index (χ3n) is 5.28. The predicted octanol–water partition coefficient (Wildman–Crippen LogP) is 3.28. The van der Waals surface area contributed by atoms with E-state index >= 15 is 0 Å². The van der Waals surface area contributed by atoms with Crippen molar-refractivity contribution in [3.63, 3.8) is 0 Å². The van der Waals surface area contributed by atoms with Crippen LogP contribution in [0.15, 0.2) is 24.3 Å². The molecular formula is C26H44N2O8S2. The van der Waals surface area contributed by atoms with Crippen LogP contribution in [0, 0.1) is 0 Å². The number of amides is 2. The summed E-state index contributed by atoms with van der Waals surface area (Å²) in [6, 6.07) is -1.87. The normalized spacial score (nSPS) is 14.7. The van der Waals surface area contributed by atoms with Crippen LogP contribution in [0.25, 0.3) is 0 Å². The number of carbonyl (C=O) groups excluding carboxylic acids is 2. The zero-order valence-corrected chi connectivity index (χ0v) is 24.0. The molecule has 0 aromatic rings. The summed E-state index contributed by atoms with van der Waals surface area (Å²) in [6.45, 7) is 3.88. The number of unbranched alkanes of at least 4 members (excludes halogenated alkanes) is 2. The van der Waals surface area contributed by atoms with Gasteiger partial charge in [0.05, 0.1) is 25.0 Å². The lowest BCUT2D eigenvalue weighted by atomic mass is 10.1. The number of carbonyl (C=O) groups is 4. The highest BCUT2D eigenvalue weighted by Crippen LogP contribution is 2.23. The monoisotopic (exact) mass is 576 g/mol. The van der Waals surface area contributed by atoms with Crippen LogP contribution in [-0.2, 0) is 19.2 Å². The highest BCUT2D eigenvalue weighted by atomic mass is 33.1. The van der Waals surface area contributed by atoms with Crippen molar-refractivity contribution in [1.29, 1.82) is 0 Å². The van der Waals surface area contributed by atoms with Gasteiger partial charge in [-0.05, 0) is 25.7 Å². The lowest BCUT2D eigenvalue weighted by Gasteiger charge is -2.15. The van der Waals surface area contributed by atoms with Crippen molar-refractivity contribution >= 4 is 45.3 Å². The Hall–Kier alpha value is -2.02. The van der Waals surface area contributed by atoms with Crippen molar-refractivity contribution < 1.29 is 39.6 Å². The molecule has 0 fully saturated rings. The third-order valence-corrected chi connectivity index (χ3v) is 7.76. The van der Waals surface area contributed by atoms with Gasteiger partial charge in [0.1, 0.15) is 12.1 Å². The lowest BCUT2D eigenvalue weighted by molar-refractivity contribution is -0.142. The van der Waals surface area contributed by atoms with E-state index in [2.05, 4.69) is 10.6 Å². The summed E-state index contributed by atoms with van der Waals surface area (Å²) in [6.07, 6.45) is 9.50. The van der Waals surface area contributed by atoms with Crippen molar-refractivity contribution in [2.45, 2.75) is 102 Å². The van der Waals surface area contributed by atoms with Gasteiger partial charge in [-0.3, -0.25) is 9.59 Å². The van der Waals surface area contributed by atoms with E-state index in [1.165, 1.54) is 12.2 Å². The summed E-state index contributed by atoms with van der Waals surface area (Å²) in [5, 5.41) is 43.1. The number of aliphatic carboxylic acids is 2. The van der Waals surface area contributed by atoms with E-state index in [4.69, 9.17) is 10.2 Å². The van der Waals surface area contributed by atoms with Crippen LogP contribution in [0.4, 0.5) is 0 Å². The first-order chi connectivity index (χ1) is 18.1. The summed E-state index contributed by atoms with van der Waals surface area (Å²) >= 11 is 0. The fraction of sp³-hybridized carbons (Fsp3) is 0.692. The summed E-state index contributed by atoms with van der Waals surface area (Å²) in [4.78, 5) is 46.3. The molecule has 0 aliphatic carbocycles. The van der Waals surface area contributed by atoms with E-state index in [1.54, 1.807) is 33.7 Å². The van der Waals surface area contributed by atoms with Gasteiger partial charge in [-0.15, -0.1) is 0 Å². The molecular weight excluding hydrogens is 532 g/mol. The molecule has 4 atom stereocenters. The maximum absolute atomic E-state index is 11.9. The van der Waals surface area contributed by atoms with Gasteiger partial charge in [0.2, 0.25) is 11.8 Å². The van der Waals surface area contributed by atoms with Gasteiger partial charge in [0.25, 0.3) is 0 Å². The first-order valence-electron chi connectivity index (χ1n) is 13.1. The number of aliphatic hydroxyl groups excluding tert-OH is 2. The van der Waals surface area contributed by atoms with Gasteiger partial charge in [0.15, 0.2) is 0 Å². The maximum atomic E-state index is 11.9. The topological polar surface area (TPSA) is 173 Å². The van der Waals surface area contributed by atoms with Gasteiger partial charge in [0, 0.05) is 11.5 Å². The fourth-order valence-electron chi connectivity index (χ4n) is 3.21. The Balaban J connectivity index is 3.99. The predicted molar refractivity (Wildman–Crippen MR) is 152 cm³/mol. The zero-order chi connectivity index (χ0) is 28.8. The fourth-order valence-corrected chi connectivity index (χ4v) is 5.20. The van der Waals surface area contributed by atoms with Crippen LogP contribution in [0.5, 0.6) is 0 Å². The second-order valence-corrected chi connectivity index (χ2v) is 11.5. The van der Waals surface area contributed by atoms with Crippen molar-refractivity contribution in [3.05, 3.63) is 24.3 Å². The molecule has 0 spiro atoms. The molecule has 10 nitrogen and oxygen atoms in total. The van der Waals surface area contributed by atoms with Gasteiger partial charge in [-0.1, -0.05) is 85.4 Å². The average Bonchev–Trinajstić information content (AvgIpc) is 2.84. The number of hydrogen-bond acceptors (Lipinski definition) is 8. The van der Waals surface area contributed by atoms with Gasteiger partial charge < -0.3 is 31.1 Å². The summed E-state index contributed by atoms with van der Waals surface area (Å²) in [5.74, 6) is -1.54. The van der Waals surface area contributed by atoms with E-state index in [0.29, 0.717) is 38.5 Å². The highest BCUT2D eigenvalue weighted by molar-refractivity contribution is 8.76. The molecule has 0 aromatic heterocycles. The molecule has 6 N–H and O–H groups in total. The molecule has 38 heavy (non-hydrogen) atoms. The van der Waals surface area contributed by atoms with Crippen molar-refractivity contribution in [2.75, 3.05) is 11.5 Å². The number of rotatable bonds is 23. The Kier molecular flexibility index (Phi) is 21.7. The molecule has 218 valence electrons. The second-order valence-electron chi connectivity index (χ2n) is 8.82. The molecule has 0 radical (unpaired) electrons. The minimum atomic E-state index is -1.07. The first kappa shape index (κ1) is 36.0. The summed E-state index contributed by atoms with van der Waals surface area (Å²) in [7, 11) is 3.29. The third kappa shape index (κ3) is 20.0. The standard InChI is InChI=1S/C26H44N2O8S2/c1-3-5-13-21(25(33)34)27-23(31)17-19(29)11-7-9-15-37-38-16-10-8-12-20(30)18-24(32)28-22(26(35)36)14-6-4-2/h7-8,11-12,19-22,29-30H,3-6,9-10,13-18H2,1-2H3,(H,27,31)(H,28,32)(H,33,34)(H,35,36)/b11-7+,12-8+/t19?,20?,21-,22-/m1/s1. The van der Waals surface area contributed by atoms with E-state index in [-0.39, 0.29) is 12.8 Å². The Morgan fingerprint density at radius 3 is 1.39 bits per heavy atom. The molecule has 2 amide bonds. The largest absolute Gasteiger partial charge is 0.480 e. The van der Waals surface area contributed by atoms with Crippen LogP contribution in [0.2, 0.25) is 0 Å². The number of nitrogens with one attached hydrogen (secondary N) is 2. The molecule has 12 heteroatoms. The molecule has 0 saturated heterocycles. The van der Waals surface area contributed by atoms with E-state index in [0.717, 1.165) is 24.3 Å². The molecule has 0 aliphatic rings. The molecule has 0 bridgehead atoms. The summed E-state index contributed by atoms with van der Waals surface area (Å²) < 4.78 is 0. The van der Waals surface area contributed by atoms with Crippen molar-refractivity contribution in [3.8, 4) is 0 Å². The first-order valence-corrected chi connectivity index (χ1v) is 15.6. The Labute approximate surface area is 233 Å². The smallest absolute Gasteiger partial charge is 0.326 e. The minimum absolute atomic E-state index is 0.187. The lowest BCUT2D eigenvalue weighted by Crippen LogP contribution is -2.41. The van der Waals surface area contributed by atoms with Crippen molar-refractivity contribution in [2.24, 2.45) is 0 Å². The van der Waals surface area contributed by atoms with E-state index in [9.17, 15) is 29.4 Å². The Morgan fingerprint density at radius 1 is 0.711 bits per heavy atom. The van der Waals surface area contributed by atoms with Crippen molar-refractivity contribution in [1.82, 2.24) is 10.6 Å². The zero-order valence-electron chi connectivity index (χ0n) is 22.3. The number of carboxylic acids is 2. The average molecular weight is 577 g/mol. The van der Waals surface area contributed by atoms with Crippen LogP contribution in [0.1, 0.15) is 78.1 Å². The van der Waals surface area contributed by atoms with Crippen LogP contribution < -0.4 is 10.6 Å². The SMILES string of the molecule is CCCC[C@@H](NC(=O)CC(O)/C=C/CCSSCC/C=C/C(O)CC(=O)N[C@H](CCCC)C(=O)O)C(=O)O. The molecule has 0 saturated carbocycles. The number of aliphatic hydroxyl groups is 2. The van der Waals surface area contributed by atoms with Crippen LogP contribution >= 0.6 is 21.6 Å². The van der Waals surface area contributed by atoms with Crippen LogP contribution in [-0.4, -0.2) is 80.0 Å². The molecule has 0 aliphatic heterocycles. The number of allylic oxidation sites excluding steroid dienone is 2. The second kappa shape index (κ2) is 22.9.